The average molecular weight is 292 g/mol. The van der Waals surface area contributed by atoms with E-state index in [2.05, 4.69) is 5.32 Å². The highest BCUT2D eigenvalue weighted by Crippen LogP contribution is 2.21. The van der Waals surface area contributed by atoms with Gasteiger partial charge in [-0.3, -0.25) is 4.79 Å². The maximum atomic E-state index is 12.0. The molecule has 0 saturated heterocycles. The molecular formula is C14H16N2O3S. The third-order valence-electron chi connectivity index (χ3n) is 2.99. The van der Waals surface area contributed by atoms with Gasteiger partial charge < -0.3 is 15.0 Å². The molecule has 2 aromatic rings. The Morgan fingerprint density at radius 3 is 2.80 bits per heavy atom. The quantitative estimate of drug-likeness (QED) is 0.859. The van der Waals surface area contributed by atoms with Crippen LogP contribution in [0.15, 0.2) is 35.8 Å². The molecule has 0 bridgehead atoms. The van der Waals surface area contributed by atoms with Gasteiger partial charge >= 0.3 is 5.97 Å². The minimum absolute atomic E-state index is 0.0104. The van der Waals surface area contributed by atoms with Crippen molar-refractivity contribution >= 4 is 23.2 Å². The van der Waals surface area contributed by atoms with Crippen LogP contribution in [0.4, 0.5) is 0 Å². The Morgan fingerprint density at radius 1 is 1.40 bits per heavy atom. The van der Waals surface area contributed by atoms with E-state index in [-0.39, 0.29) is 24.2 Å². The molecule has 0 aliphatic carbocycles. The number of thiophene rings is 1. The smallest absolute Gasteiger partial charge is 0.352 e. The predicted octanol–water partition coefficient (Wildman–Crippen LogP) is 2.52. The van der Waals surface area contributed by atoms with Crippen LogP contribution in [-0.4, -0.2) is 21.6 Å². The van der Waals surface area contributed by atoms with Gasteiger partial charge in [-0.15, -0.1) is 11.3 Å². The molecule has 0 fully saturated rings. The number of carboxylic acid groups (broad SMARTS) is 1. The number of amides is 1. The van der Waals surface area contributed by atoms with Crippen molar-refractivity contribution in [2.75, 3.05) is 0 Å². The van der Waals surface area contributed by atoms with E-state index in [4.69, 9.17) is 5.11 Å². The van der Waals surface area contributed by atoms with Crippen molar-refractivity contribution in [3.05, 3.63) is 46.4 Å². The first-order valence-electron chi connectivity index (χ1n) is 6.33. The fourth-order valence-electron chi connectivity index (χ4n) is 2.00. The topological polar surface area (TPSA) is 71.3 Å². The van der Waals surface area contributed by atoms with Crippen molar-refractivity contribution < 1.29 is 14.7 Å². The van der Waals surface area contributed by atoms with E-state index in [1.165, 1.54) is 10.6 Å². The van der Waals surface area contributed by atoms with E-state index < -0.39 is 5.97 Å². The standard InChI is InChI=1S/C14H16N2O3S/c1-2-10(12-6-4-8-20-12)15-13(17)9-16-7-3-5-11(16)14(18)19/h3-8,10H,2,9H2,1H3,(H,15,17)(H,18,19). The van der Waals surface area contributed by atoms with Crippen LogP contribution >= 0.6 is 11.3 Å². The van der Waals surface area contributed by atoms with Crippen molar-refractivity contribution in [2.24, 2.45) is 0 Å². The van der Waals surface area contributed by atoms with Crippen LogP contribution in [0.5, 0.6) is 0 Å². The summed E-state index contributed by atoms with van der Waals surface area (Å²) in [7, 11) is 0. The summed E-state index contributed by atoms with van der Waals surface area (Å²) in [5.74, 6) is -1.22. The molecule has 5 nitrogen and oxygen atoms in total. The van der Waals surface area contributed by atoms with Gasteiger partial charge in [0.25, 0.3) is 0 Å². The second-order valence-corrected chi connectivity index (χ2v) is 5.35. The largest absolute Gasteiger partial charge is 0.477 e. The monoisotopic (exact) mass is 292 g/mol. The fraction of sp³-hybridized carbons (Fsp3) is 0.286. The van der Waals surface area contributed by atoms with Gasteiger partial charge in [0.15, 0.2) is 0 Å². The van der Waals surface area contributed by atoms with Crippen molar-refractivity contribution in [1.82, 2.24) is 9.88 Å². The van der Waals surface area contributed by atoms with Gasteiger partial charge in [0, 0.05) is 11.1 Å². The molecule has 6 heteroatoms. The summed E-state index contributed by atoms with van der Waals surface area (Å²) in [5.41, 5.74) is 0.115. The lowest BCUT2D eigenvalue weighted by Gasteiger charge is -2.16. The Balaban J connectivity index is 2.01. The Morgan fingerprint density at radius 2 is 2.20 bits per heavy atom. The van der Waals surface area contributed by atoms with E-state index in [0.29, 0.717) is 0 Å². The fourth-order valence-corrected chi connectivity index (χ4v) is 2.87. The number of aromatic carboxylic acids is 1. The predicted molar refractivity (Wildman–Crippen MR) is 76.9 cm³/mol. The molecule has 2 N–H and O–H groups in total. The maximum Gasteiger partial charge on any atom is 0.352 e. The lowest BCUT2D eigenvalue weighted by Crippen LogP contribution is -2.31. The summed E-state index contributed by atoms with van der Waals surface area (Å²) in [6, 6.07) is 7.01. The number of aromatic nitrogens is 1. The van der Waals surface area contributed by atoms with Crippen LogP contribution < -0.4 is 5.32 Å². The molecule has 0 spiro atoms. The third kappa shape index (κ3) is 3.27. The first-order valence-corrected chi connectivity index (χ1v) is 7.21. The summed E-state index contributed by atoms with van der Waals surface area (Å²) in [6.07, 6.45) is 2.39. The van der Waals surface area contributed by atoms with Gasteiger partial charge in [-0.05, 0) is 30.0 Å². The van der Waals surface area contributed by atoms with E-state index in [9.17, 15) is 9.59 Å². The molecule has 106 valence electrons. The van der Waals surface area contributed by atoms with Gasteiger partial charge in [-0.1, -0.05) is 13.0 Å². The van der Waals surface area contributed by atoms with E-state index in [0.717, 1.165) is 11.3 Å². The Labute approximate surface area is 120 Å². The third-order valence-corrected chi connectivity index (χ3v) is 3.98. The molecule has 2 heterocycles. The Bertz CT molecular complexity index is 589. The lowest BCUT2D eigenvalue weighted by atomic mass is 10.2. The summed E-state index contributed by atoms with van der Waals surface area (Å²) in [5, 5.41) is 13.9. The second kappa shape index (κ2) is 6.38. The van der Waals surface area contributed by atoms with Crippen molar-refractivity contribution in [2.45, 2.75) is 25.9 Å². The lowest BCUT2D eigenvalue weighted by molar-refractivity contribution is -0.122. The molecule has 0 aliphatic heterocycles. The van der Waals surface area contributed by atoms with Crippen LogP contribution in [0, 0.1) is 0 Å². The van der Waals surface area contributed by atoms with Crippen molar-refractivity contribution in [3.63, 3.8) is 0 Å². The molecule has 0 radical (unpaired) electrons. The highest BCUT2D eigenvalue weighted by atomic mass is 32.1. The zero-order valence-electron chi connectivity index (χ0n) is 11.1. The summed E-state index contributed by atoms with van der Waals surface area (Å²) < 4.78 is 1.43. The first kappa shape index (κ1) is 14.3. The normalized spacial score (nSPS) is 12.1. The Hall–Kier alpha value is -2.08. The second-order valence-electron chi connectivity index (χ2n) is 4.37. The van der Waals surface area contributed by atoms with Crippen LogP contribution in [0.2, 0.25) is 0 Å². The highest BCUT2D eigenvalue weighted by Gasteiger charge is 2.16. The minimum Gasteiger partial charge on any atom is -0.477 e. The number of nitrogens with zero attached hydrogens (tertiary/aromatic N) is 1. The summed E-state index contributed by atoms with van der Waals surface area (Å²) >= 11 is 1.60. The maximum absolute atomic E-state index is 12.0. The molecular weight excluding hydrogens is 276 g/mol. The molecule has 0 saturated carbocycles. The SMILES string of the molecule is CCC(NC(=O)Cn1cccc1C(=O)O)c1cccs1. The van der Waals surface area contributed by atoms with Gasteiger partial charge in [0.2, 0.25) is 5.91 Å². The molecule has 1 amide bonds. The number of carbonyl (C=O) groups is 2. The van der Waals surface area contributed by atoms with Gasteiger partial charge in [0.05, 0.1) is 6.04 Å². The van der Waals surface area contributed by atoms with Crippen molar-refractivity contribution in [3.8, 4) is 0 Å². The molecule has 2 aromatic heterocycles. The number of hydrogen-bond donors (Lipinski definition) is 2. The van der Waals surface area contributed by atoms with E-state index >= 15 is 0 Å². The van der Waals surface area contributed by atoms with Crippen LogP contribution in [0.25, 0.3) is 0 Å². The zero-order valence-corrected chi connectivity index (χ0v) is 11.9. The minimum atomic E-state index is -1.03. The van der Waals surface area contributed by atoms with Gasteiger partial charge in [-0.25, -0.2) is 4.79 Å². The summed E-state index contributed by atoms with van der Waals surface area (Å²) in [4.78, 5) is 24.1. The van der Waals surface area contributed by atoms with Crippen LogP contribution in [0.3, 0.4) is 0 Å². The van der Waals surface area contributed by atoms with E-state index in [1.54, 1.807) is 23.6 Å². The van der Waals surface area contributed by atoms with E-state index in [1.807, 2.05) is 24.4 Å². The zero-order chi connectivity index (χ0) is 14.5. The molecule has 0 aromatic carbocycles. The first-order chi connectivity index (χ1) is 9.61. The molecule has 1 unspecified atom stereocenters. The Kier molecular flexibility index (Phi) is 4.57. The number of nitrogens with one attached hydrogen (secondary N) is 1. The molecule has 20 heavy (non-hydrogen) atoms. The summed E-state index contributed by atoms with van der Waals surface area (Å²) in [6.45, 7) is 2.01. The molecule has 2 rings (SSSR count). The van der Waals surface area contributed by atoms with Crippen LogP contribution in [0.1, 0.15) is 34.8 Å². The molecule has 1 atom stereocenters. The number of hydrogen-bond acceptors (Lipinski definition) is 3. The van der Waals surface area contributed by atoms with Crippen molar-refractivity contribution in [1.29, 1.82) is 0 Å². The van der Waals surface area contributed by atoms with Crippen LogP contribution in [-0.2, 0) is 11.3 Å². The number of carbonyl (C=O) groups excluding carboxylic acids is 1. The van der Waals surface area contributed by atoms with Gasteiger partial charge in [0.1, 0.15) is 12.2 Å². The average Bonchev–Trinajstić information content (AvgIpc) is 3.06. The van der Waals surface area contributed by atoms with Gasteiger partial charge in [-0.2, -0.15) is 0 Å². The molecule has 0 aliphatic rings. The number of carboxylic acids is 1. The number of rotatable bonds is 6. The highest BCUT2D eigenvalue weighted by molar-refractivity contribution is 7.10.